The second kappa shape index (κ2) is 6.14. The number of hydrogen-bond acceptors (Lipinski definition) is 3. The molecule has 3 nitrogen and oxygen atoms in total. The molecule has 0 atom stereocenters. The largest absolute Gasteiger partial charge is 0.488 e. The molecule has 0 amide bonds. The summed E-state index contributed by atoms with van der Waals surface area (Å²) in [6.07, 6.45) is 0. The van der Waals surface area contributed by atoms with Crippen LogP contribution in [0.15, 0.2) is 47.6 Å². The molecular weight excluding hydrogens is 264 g/mol. The van der Waals surface area contributed by atoms with Crippen LogP contribution in [0.1, 0.15) is 18.1 Å². The van der Waals surface area contributed by atoms with E-state index in [1.54, 1.807) is 18.2 Å². The zero-order valence-electron chi connectivity index (χ0n) is 10.8. The number of ether oxygens (including phenoxy) is 1. The molecule has 0 heterocycles. The van der Waals surface area contributed by atoms with E-state index >= 15 is 0 Å². The summed E-state index contributed by atoms with van der Waals surface area (Å²) in [4.78, 5) is 0. The van der Waals surface area contributed by atoms with Crippen LogP contribution >= 0.6 is 0 Å². The molecule has 0 bridgehead atoms. The molecule has 0 aromatic heterocycles. The highest BCUT2D eigenvalue weighted by Gasteiger charge is 2.10. The van der Waals surface area contributed by atoms with Crippen molar-refractivity contribution in [2.75, 3.05) is 0 Å². The predicted molar refractivity (Wildman–Crippen MR) is 71.1 cm³/mol. The molecule has 0 aliphatic carbocycles. The molecule has 2 aromatic carbocycles. The quantitative estimate of drug-likeness (QED) is 0.525. The second-order valence-corrected chi connectivity index (χ2v) is 4.21. The standard InChI is InChI=1S/C15H13F2NO2/c1-10(18-19)13-8-12(16)6-7-15(13)20-9-11-4-2-3-5-14(11)17/h2-8,19H,9H2,1H3/b18-10-. The van der Waals surface area contributed by atoms with Gasteiger partial charge in [-0.3, -0.25) is 0 Å². The molecule has 0 fully saturated rings. The van der Waals surface area contributed by atoms with Crippen LogP contribution in [-0.4, -0.2) is 10.9 Å². The van der Waals surface area contributed by atoms with Gasteiger partial charge >= 0.3 is 0 Å². The summed E-state index contributed by atoms with van der Waals surface area (Å²) in [6.45, 7) is 1.52. The van der Waals surface area contributed by atoms with Crippen LogP contribution in [0.25, 0.3) is 0 Å². The number of rotatable bonds is 4. The Bertz CT molecular complexity index is 642. The van der Waals surface area contributed by atoms with E-state index < -0.39 is 5.82 Å². The van der Waals surface area contributed by atoms with E-state index in [0.717, 1.165) is 0 Å². The van der Waals surface area contributed by atoms with Crippen molar-refractivity contribution in [2.45, 2.75) is 13.5 Å². The fraction of sp³-hybridized carbons (Fsp3) is 0.133. The highest BCUT2D eigenvalue weighted by Crippen LogP contribution is 2.22. The van der Waals surface area contributed by atoms with Crippen LogP contribution in [0.5, 0.6) is 5.75 Å². The molecule has 0 radical (unpaired) electrons. The minimum absolute atomic E-state index is 0.00398. The maximum Gasteiger partial charge on any atom is 0.129 e. The lowest BCUT2D eigenvalue weighted by molar-refractivity contribution is 0.297. The van der Waals surface area contributed by atoms with E-state index in [2.05, 4.69) is 5.16 Å². The zero-order chi connectivity index (χ0) is 14.5. The van der Waals surface area contributed by atoms with Crippen LogP contribution in [0, 0.1) is 11.6 Å². The van der Waals surface area contributed by atoms with Crippen molar-refractivity contribution < 1.29 is 18.7 Å². The Labute approximate surface area is 115 Å². The molecule has 104 valence electrons. The van der Waals surface area contributed by atoms with Crippen LogP contribution in [0.3, 0.4) is 0 Å². The van der Waals surface area contributed by atoms with Gasteiger partial charge in [-0.05, 0) is 31.2 Å². The van der Waals surface area contributed by atoms with E-state index in [1.807, 2.05) is 0 Å². The van der Waals surface area contributed by atoms with Gasteiger partial charge < -0.3 is 9.94 Å². The van der Waals surface area contributed by atoms with Gasteiger partial charge in [0.25, 0.3) is 0 Å². The van der Waals surface area contributed by atoms with Gasteiger partial charge in [0.2, 0.25) is 0 Å². The smallest absolute Gasteiger partial charge is 0.129 e. The topological polar surface area (TPSA) is 41.8 Å². The Morgan fingerprint density at radius 1 is 1.20 bits per heavy atom. The monoisotopic (exact) mass is 277 g/mol. The normalized spacial score (nSPS) is 11.4. The highest BCUT2D eigenvalue weighted by molar-refractivity contribution is 6.00. The van der Waals surface area contributed by atoms with Crippen molar-refractivity contribution in [2.24, 2.45) is 5.16 Å². The molecule has 0 aliphatic heterocycles. The highest BCUT2D eigenvalue weighted by atomic mass is 19.1. The molecule has 0 unspecified atom stereocenters. The Hall–Kier alpha value is -2.43. The molecule has 0 saturated heterocycles. The van der Waals surface area contributed by atoms with Gasteiger partial charge in [0.1, 0.15) is 24.0 Å². The second-order valence-electron chi connectivity index (χ2n) is 4.21. The third-order valence-electron chi connectivity index (χ3n) is 2.82. The van der Waals surface area contributed by atoms with Crippen molar-refractivity contribution >= 4 is 5.71 Å². The van der Waals surface area contributed by atoms with Gasteiger partial charge in [0, 0.05) is 11.1 Å². The van der Waals surface area contributed by atoms with E-state index in [-0.39, 0.29) is 18.1 Å². The third kappa shape index (κ3) is 3.12. The predicted octanol–water partition coefficient (Wildman–Crippen LogP) is 3.74. The SMILES string of the molecule is C/C(=N/O)c1cc(F)ccc1OCc1ccccc1F. The van der Waals surface area contributed by atoms with E-state index in [0.29, 0.717) is 16.9 Å². The maximum atomic E-state index is 13.5. The Kier molecular flexibility index (Phi) is 4.30. The van der Waals surface area contributed by atoms with Gasteiger partial charge in [0.15, 0.2) is 0 Å². The van der Waals surface area contributed by atoms with Crippen LogP contribution in [0.2, 0.25) is 0 Å². The van der Waals surface area contributed by atoms with Gasteiger partial charge in [-0.2, -0.15) is 0 Å². The molecule has 5 heteroatoms. The average Bonchev–Trinajstić information content (AvgIpc) is 2.46. The van der Waals surface area contributed by atoms with Crippen molar-refractivity contribution in [1.29, 1.82) is 0 Å². The molecule has 1 N–H and O–H groups in total. The number of hydrogen-bond donors (Lipinski definition) is 1. The summed E-state index contributed by atoms with van der Waals surface area (Å²) in [5.74, 6) is -0.519. The zero-order valence-corrected chi connectivity index (χ0v) is 10.8. The average molecular weight is 277 g/mol. The molecular formula is C15H13F2NO2. The van der Waals surface area contributed by atoms with Crippen molar-refractivity contribution in [3.05, 3.63) is 65.2 Å². The first-order chi connectivity index (χ1) is 9.61. The van der Waals surface area contributed by atoms with Crippen LogP contribution < -0.4 is 4.74 Å². The number of nitrogens with zero attached hydrogens (tertiary/aromatic N) is 1. The summed E-state index contributed by atoms with van der Waals surface area (Å²) < 4.78 is 32.2. The summed E-state index contributed by atoms with van der Waals surface area (Å²) in [5, 5.41) is 11.8. The lowest BCUT2D eigenvalue weighted by Crippen LogP contribution is -2.04. The number of oxime groups is 1. The minimum atomic E-state index is -0.471. The molecule has 0 saturated carbocycles. The third-order valence-corrected chi connectivity index (χ3v) is 2.82. The van der Waals surface area contributed by atoms with Crippen LogP contribution in [0.4, 0.5) is 8.78 Å². The van der Waals surface area contributed by atoms with E-state index in [9.17, 15) is 8.78 Å². The molecule has 0 aliphatic rings. The molecule has 2 aromatic rings. The van der Waals surface area contributed by atoms with Crippen molar-refractivity contribution in [3.8, 4) is 5.75 Å². The molecule has 20 heavy (non-hydrogen) atoms. The Balaban J connectivity index is 2.24. The van der Waals surface area contributed by atoms with Gasteiger partial charge in [0.05, 0.1) is 5.71 Å². The lowest BCUT2D eigenvalue weighted by Gasteiger charge is -2.11. The van der Waals surface area contributed by atoms with E-state index in [4.69, 9.17) is 9.94 Å². The molecule has 2 rings (SSSR count). The van der Waals surface area contributed by atoms with Gasteiger partial charge in [-0.15, -0.1) is 0 Å². The number of halogens is 2. The first-order valence-electron chi connectivity index (χ1n) is 5.96. The summed E-state index contributed by atoms with van der Waals surface area (Å²) in [5.41, 5.74) is 0.929. The fourth-order valence-electron chi connectivity index (χ4n) is 1.74. The minimum Gasteiger partial charge on any atom is -0.488 e. The summed E-state index contributed by atoms with van der Waals surface area (Å²) in [7, 11) is 0. The summed E-state index contributed by atoms with van der Waals surface area (Å²) >= 11 is 0. The van der Waals surface area contributed by atoms with Crippen molar-refractivity contribution in [3.63, 3.8) is 0 Å². The Morgan fingerprint density at radius 2 is 1.95 bits per heavy atom. The summed E-state index contributed by atoms with van der Waals surface area (Å²) in [6, 6.07) is 10.1. The molecule has 0 spiro atoms. The maximum absolute atomic E-state index is 13.5. The Morgan fingerprint density at radius 3 is 2.65 bits per heavy atom. The van der Waals surface area contributed by atoms with Gasteiger partial charge in [-0.25, -0.2) is 8.78 Å². The first kappa shape index (κ1) is 14.0. The number of benzene rings is 2. The van der Waals surface area contributed by atoms with Gasteiger partial charge in [-0.1, -0.05) is 23.4 Å². The van der Waals surface area contributed by atoms with Crippen LogP contribution in [-0.2, 0) is 6.61 Å². The first-order valence-corrected chi connectivity index (χ1v) is 5.96. The van der Waals surface area contributed by atoms with E-state index in [1.165, 1.54) is 31.2 Å². The fourth-order valence-corrected chi connectivity index (χ4v) is 1.74. The van der Waals surface area contributed by atoms with Crippen molar-refractivity contribution in [1.82, 2.24) is 0 Å². The lowest BCUT2D eigenvalue weighted by atomic mass is 10.1.